The van der Waals surface area contributed by atoms with E-state index in [0.717, 1.165) is 6.07 Å². The second-order valence-corrected chi connectivity index (χ2v) is 8.13. The zero-order valence-corrected chi connectivity index (χ0v) is 17.9. The number of rotatable bonds is 4. The van der Waals surface area contributed by atoms with Crippen LogP contribution in [0.3, 0.4) is 0 Å². The number of aromatic nitrogens is 3. The number of amides is 1. The van der Waals surface area contributed by atoms with Gasteiger partial charge in [0.05, 0.1) is 28.3 Å². The Morgan fingerprint density at radius 3 is 2.50 bits per heavy atom. The molecule has 10 heteroatoms. The molecule has 0 aliphatic carbocycles. The largest absolute Gasteiger partial charge is 0.419 e. The minimum Gasteiger partial charge on any atom is -0.338 e. The number of carbonyl (C=O) groups excluding carboxylic acids is 1. The molecule has 1 aliphatic heterocycles. The van der Waals surface area contributed by atoms with Gasteiger partial charge in [0.15, 0.2) is 0 Å². The Hall–Kier alpha value is -3.87. The van der Waals surface area contributed by atoms with Crippen molar-refractivity contribution >= 4 is 5.91 Å². The summed E-state index contributed by atoms with van der Waals surface area (Å²) in [5.41, 5.74) is -1.35. The number of pyridine rings is 1. The molecule has 0 saturated carbocycles. The fourth-order valence-corrected chi connectivity index (χ4v) is 4.15. The van der Waals surface area contributed by atoms with Gasteiger partial charge in [0.25, 0.3) is 5.91 Å². The van der Waals surface area contributed by atoms with Gasteiger partial charge in [0, 0.05) is 25.5 Å². The molecule has 1 amide bonds. The third kappa shape index (κ3) is 4.59. The highest BCUT2D eigenvalue weighted by molar-refractivity contribution is 5.99. The average molecular weight is 469 g/mol. The number of nitriles is 1. The van der Waals surface area contributed by atoms with Gasteiger partial charge in [-0.3, -0.25) is 9.78 Å². The van der Waals surface area contributed by atoms with Crippen LogP contribution >= 0.6 is 0 Å². The SMILES string of the molecule is N#CC1(Cc2cccc(C(F)(F)F)c2F)CCN(C(=O)c2cccnc2-c2ccncn2)CC1. The first-order chi connectivity index (χ1) is 16.2. The molecule has 1 aliphatic rings. The first-order valence-electron chi connectivity index (χ1n) is 10.5. The molecule has 3 aromatic rings. The average Bonchev–Trinajstić information content (AvgIpc) is 2.85. The van der Waals surface area contributed by atoms with Crippen LogP contribution in [-0.4, -0.2) is 38.8 Å². The van der Waals surface area contributed by atoms with Crippen molar-refractivity contribution in [1.82, 2.24) is 19.9 Å². The zero-order valence-electron chi connectivity index (χ0n) is 17.9. The smallest absolute Gasteiger partial charge is 0.338 e. The summed E-state index contributed by atoms with van der Waals surface area (Å²) in [6.07, 6.45) is -0.133. The van der Waals surface area contributed by atoms with Crippen molar-refractivity contribution in [2.45, 2.75) is 25.4 Å². The first-order valence-corrected chi connectivity index (χ1v) is 10.5. The minimum atomic E-state index is -4.82. The predicted molar refractivity (Wildman–Crippen MR) is 114 cm³/mol. The molecule has 0 unspecified atom stereocenters. The molecular weight excluding hydrogens is 450 g/mol. The molecule has 0 N–H and O–H groups in total. The molecule has 0 radical (unpaired) electrons. The van der Waals surface area contributed by atoms with Crippen molar-refractivity contribution in [3.8, 4) is 17.5 Å². The molecular formula is C24H19F4N5O. The molecule has 0 spiro atoms. The standard InChI is InChI=1S/C24H19F4N5O/c25-20-16(3-1-5-18(20)24(26,27)28)13-23(14-29)7-11-33(12-8-23)22(34)17-4-2-9-31-21(17)19-6-10-30-15-32-19/h1-6,9-10,15H,7-8,11-13H2. The van der Waals surface area contributed by atoms with Crippen LogP contribution in [0.2, 0.25) is 0 Å². The fraction of sp³-hybridized carbons (Fsp3) is 0.292. The van der Waals surface area contributed by atoms with Crippen LogP contribution in [0.1, 0.15) is 34.3 Å². The van der Waals surface area contributed by atoms with Crippen LogP contribution in [-0.2, 0) is 12.6 Å². The molecule has 3 heterocycles. The van der Waals surface area contributed by atoms with E-state index in [-0.39, 0.29) is 43.8 Å². The topological polar surface area (TPSA) is 82.8 Å². The molecule has 0 bridgehead atoms. The Balaban J connectivity index is 1.52. The fourth-order valence-electron chi connectivity index (χ4n) is 4.15. The Labute approximate surface area is 192 Å². The van der Waals surface area contributed by atoms with E-state index in [2.05, 4.69) is 21.0 Å². The molecule has 4 rings (SSSR count). The second kappa shape index (κ2) is 9.17. The quantitative estimate of drug-likeness (QED) is 0.518. The maximum Gasteiger partial charge on any atom is 0.419 e. The lowest BCUT2D eigenvalue weighted by molar-refractivity contribution is -0.140. The van der Waals surface area contributed by atoms with Crippen molar-refractivity contribution in [2.24, 2.45) is 5.41 Å². The highest BCUT2D eigenvalue weighted by Gasteiger charge is 2.40. The number of benzene rings is 1. The van der Waals surface area contributed by atoms with E-state index in [4.69, 9.17) is 0 Å². The lowest BCUT2D eigenvalue weighted by atomic mass is 9.74. The molecule has 1 saturated heterocycles. The van der Waals surface area contributed by atoms with Gasteiger partial charge in [-0.05, 0) is 49.1 Å². The first kappa shape index (κ1) is 23.3. The number of halogens is 4. The maximum absolute atomic E-state index is 14.6. The molecule has 1 fully saturated rings. The van der Waals surface area contributed by atoms with Gasteiger partial charge in [0.2, 0.25) is 0 Å². The summed E-state index contributed by atoms with van der Waals surface area (Å²) in [4.78, 5) is 27.1. The van der Waals surface area contributed by atoms with Crippen molar-refractivity contribution in [3.63, 3.8) is 0 Å². The molecule has 174 valence electrons. The Bertz CT molecular complexity index is 1230. The summed E-state index contributed by atoms with van der Waals surface area (Å²) in [6, 6.07) is 10.2. The van der Waals surface area contributed by atoms with Crippen molar-refractivity contribution in [3.05, 3.63) is 77.6 Å². The number of nitrogens with zero attached hydrogens (tertiary/aromatic N) is 5. The number of piperidine rings is 1. The third-order valence-corrected chi connectivity index (χ3v) is 6.02. The number of hydrogen-bond donors (Lipinski definition) is 0. The van der Waals surface area contributed by atoms with E-state index < -0.39 is 23.0 Å². The summed E-state index contributed by atoms with van der Waals surface area (Å²) in [5.74, 6) is -1.65. The number of likely N-dealkylation sites (tertiary alicyclic amines) is 1. The van der Waals surface area contributed by atoms with Crippen LogP contribution in [0.4, 0.5) is 17.6 Å². The van der Waals surface area contributed by atoms with Gasteiger partial charge >= 0.3 is 6.18 Å². The second-order valence-electron chi connectivity index (χ2n) is 8.13. The summed E-state index contributed by atoms with van der Waals surface area (Å²) in [5, 5.41) is 9.84. The van der Waals surface area contributed by atoms with Crippen molar-refractivity contribution < 1.29 is 22.4 Å². The van der Waals surface area contributed by atoms with E-state index in [1.807, 2.05) is 0 Å². The number of hydrogen-bond acceptors (Lipinski definition) is 5. The zero-order chi connectivity index (χ0) is 24.3. The third-order valence-electron chi connectivity index (χ3n) is 6.02. The molecule has 2 aromatic heterocycles. The van der Waals surface area contributed by atoms with E-state index in [1.54, 1.807) is 35.5 Å². The normalized spacial score (nSPS) is 15.6. The van der Waals surface area contributed by atoms with Gasteiger partial charge in [-0.15, -0.1) is 0 Å². The maximum atomic E-state index is 14.6. The van der Waals surface area contributed by atoms with E-state index >= 15 is 0 Å². The molecule has 0 atom stereocenters. The molecule has 1 aromatic carbocycles. The predicted octanol–water partition coefficient (Wildman–Crippen LogP) is 4.69. The van der Waals surface area contributed by atoms with Crippen molar-refractivity contribution in [1.29, 1.82) is 5.26 Å². The lowest BCUT2D eigenvalue weighted by Gasteiger charge is -2.37. The number of alkyl halides is 3. The van der Waals surface area contributed by atoms with Gasteiger partial charge in [-0.25, -0.2) is 14.4 Å². The van der Waals surface area contributed by atoms with E-state index in [1.165, 1.54) is 12.4 Å². The minimum absolute atomic E-state index is 0.158. The Kier molecular flexibility index (Phi) is 6.28. The summed E-state index contributed by atoms with van der Waals surface area (Å²) < 4.78 is 53.8. The summed E-state index contributed by atoms with van der Waals surface area (Å²) in [7, 11) is 0. The van der Waals surface area contributed by atoms with E-state index in [0.29, 0.717) is 23.0 Å². The van der Waals surface area contributed by atoms with Gasteiger partial charge in [0.1, 0.15) is 17.8 Å². The lowest BCUT2D eigenvalue weighted by Crippen LogP contribution is -2.43. The van der Waals surface area contributed by atoms with Gasteiger partial charge < -0.3 is 4.90 Å². The Morgan fingerprint density at radius 2 is 1.85 bits per heavy atom. The van der Waals surface area contributed by atoms with Crippen LogP contribution in [0.25, 0.3) is 11.4 Å². The highest BCUT2D eigenvalue weighted by Crippen LogP contribution is 2.38. The van der Waals surface area contributed by atoms with E-state index in [9.17, 15) is 27.6 Å². The summed E-state index contributed by atoms with van der Waals surface area (Å²) in [6.45, 7) is 0.399. The number of carbonyl (C=O) groups is 1. The molecule has 34 heavy (non-hydrogen) atoms. The van der Waals surface area contributed by atoms with Gasteiger partial charge in [-0.1, -0.05) is 12.1 Å². The summed E-state index contributed by atoms with van der Waals surface area (Å²) >= 11 is 0. The molecule has 6 nitrogen and oxygen atoms in total. The van der Waals surface area contributed by atoms with Gasteiger partial charge in [-0.2, -0.15) is 18.4 Å². The van der Waals surface area contributed by atoms with Crippen LogP contribution in [0, 0.1) is 22.6 Å². The Morgan fingerprint density at radius 1 is 1.09 bits per heavy atom. The van der Waals surface area contributed by atoms with Crippen LogP contribution in [0.15, 0.2) is 55.1 Å². The monoisotopic (exact) mass is 469 g/mol. The highest BCUT2D eigenvalue weighted by atomic mass is 19.4. The van der Waals surface area contributed by atoms with Crippen LogP contribution in [0.5, 0.6) is 0 Å². The van der Waals surface area contributed by atoms with Crippen LogP contribution < -0.4 is 0 Å². The van der Waals surface area contributed by atoms with Crippen molar-refractivity contribution in [2.75, 3.05) is 13.1 Å².